The third-order valence-corrected chi connectivity index (χ3v) is 3.45. The molecule has 0 amide bonds. The molecule has 1 aliphatic carbocycles. The van der Waals surface area contributed by atoms with Gasteiger partial charge in [0.05, 0.1) is 17.1 Å². The first-order valence-corrected chi connectivity index (χ1v) is 5.91. The summed E-state index contributed by atoms with van der Waals surface area (Å²) in [5.74, 6) is 1.23. The smallest absolute Gasteiger partial charge is 0.276 e. The Hall–Kier alpha value is -1.36. The van der Waals surface area contributed by atoms with Crippen LogP contribution in [0.5, 0.6) is 0 Å². The fourth-order valence-electron chi connectivity index (χ4n) is 1.86. The molecule has 1 unspecified atom stereocenters. The summed E-state index contributed by atoms with van der Waals surface area (Å²) >= 11 is 5.80. The van der Waals surface area contributed by atoms with Crippen molar-refractivity contribution in [3.63, 3.8) is 0 Å². The zero-order chi connectivity index (χ0) is 12.6. The van der Waals surface area contributed by atoms with Crippen molar-refractivity contribution < 1.29 is 4.92 Å². The number of pyridine rings is 1. The molecular formula is C11H14ClN3O2. The fourth-order valence-corrected chi connectivity index (χ4v) is 2.06. The van der Waals surface area contributed by atoms with Gasteiger partial charge in [-0.15, -0.1) is 0 Å². The summed E-state index contributed by atoms with van der Waals surface area (Å²) < 4.78 is 0. The topological polar surface area (TPSA) is 59.3 Å². The van der Waals surface area contributed by atoms with Crippen LogP contribution in [0.2, 0.25) is 5.15 Å². The van der Waals surface area contributed by atoms with Crippen LogP contribution in [0.3, 0.4) is 0 Å². The van der Waals surface area contributed by atoms with Gasteiger partial charge in [0, 0.05) is 13.1 Å². The normalized spacial score (nSPS) is 16.6. The highest BCUT2D eigenvalue weighted by Crippen LogP contribution is 2.36. The van der Waals surface area contributed by atoms with Gasteiger partial charge in [-0.05, 0) is 25.7 Å². The first-order chi connectivity index (χ1) is 7.99. The number of nitrogens with zero attached hydrogens (tertiary/aromatic N) is 3. The predicted octanol–water partition coefficient (Wildman–Crippen LogP) is 2.88. The molecule has 0 bridgehead atoms. The molecule has 5 nitrogen and oxygen atoms in total. The van der Waals surface area contributed by atoms with Gasteiger partial charge in [-0.2, -0.15) is 0 Å². The monoisotopic (exact) mass is 255 g/mol. The number of rotatable bonds is 4. The third kappa shape index (κ3) is 2.66. The van der Waals surface area contributed by atoms with Crippen molar-refractivity contribution in [3.8, 4) is 0 Å². The van der Waals surface area contributed by atoms with E-state index < -0.39 is 4.92 Å². The molecular weight excluding hydrogens is 242 g/mol. The average molecular weight is 256 g/mol. The second-order valence-corrected chi connectivity index (χ2v) is 4.84. The number of halogens is 1. The molecule has 0 aromatic carbocycles. The predicted molar refractivity (Wildman–Crippen MR) is 66.5 cm³/mol. The summed E-state index contributed by atoms with van der Waals surface area (Å²) in [6, 6.07) is 3.06. The lowest BCUT2D eigenvalue weighted by atomic mass is 10.2. The molecule has 1 aliphatic rings. The lowest BCUT2D eigenvalue weighted by Crippen LogP contribution is -2.31. The van der Waals surface area contributed by atoms with E-state index in [2.05, 4.69) is 11.9 Å². The highest BCUT2D eigenvalue weighted by atomic mass is 35.5. The van der Waals surface area contributed by atoms with Crippen LogP contribution in [0.15, 0.2) is 12.1 Å². The second-order valence-electron chi connectivity index (χ2n) is 4.45. The summed E-state index contributed by atoms with van der Waals surface area (Å²) in [7, 11) is 1.89. The van der Waals surface area contributed by atoms with Crippen LogP contribution in [0.1, 0.15) is 19.8 Å². The Morgan fingerprint density at radius 2 is 2.24 bits per heavy atom. The molecule has 17 heavy (non-hydrogen) atoms. The molecule has 0 aliphatic heterocycles. The van der Waals surface area contributed by atoms with Gasteiger partial charge in [0.25, 0.3) is 5.69 Å². The van der Waals surface area contributed by atoms with Gasteiger partial charge in [0.1, 0.15) is 11.0 Å². The highest BCUT2D eigenvalue weighted by Gasteiger charge is 2.31. The zero-order valence-electron chi connectivity index (χ0n) is 9.76. The van der Waals surface area contributed by atoms with Gasteiger partial charge in [0.2, 0.25) is 0 Å². The summed E-state index contributed by atoms with van der Waals surface area (Å²) in [4.78, 5) is 16.4. The van der Waals surface area contributed by atoms with Crippen LogP contribution >= 0.6 is 11.6 Å². The van der Waals surface area contributed by atoms with Crippen LogP contribution in [-0.4, -0.2) is 23.0 Å². The molecule has 1 aromatic rings. The lowest BCUT2D eigenvalue weighted by Gasteiger charge is -2.25. The maximum absolute atomic E-state index is 10.7. The van der Waals surface area contributed by atoms with Gasteiger partial charge in [-0.25, -0.2) is 4.98 Å². The van der Waals surface area contributed by atoms with Crippen LogP contribution in [0.4, 0.5) is 11.5 Å². The maximum Gasteiger partial charge on any atom is 0.276 e. The Kier molecular flexibility index (Phi) is 3.19. The average Bonchev–Trinajstić information content (AvgIpc) is 3.10. The van der Waals surface area contributed by atoms with Crippen molar-refractivity contribution in [3.05, 3.63) is 27.4 Å². The lowest BCUT2D eigenvalue weighted by molar-refractivity contribution is -0.384. The molecule has 0 spiro atoms. The summed E-state index contributed by atoms with van der Waals surface area (Å²) in [5, 5.41) is 10.9. The van der Waals surface area contributed by atoms with E-state index >= 15 is 0 Å². The van der Waals surface area contributed by atoms with Crippen LogP contribution in [0.25, 0.3) is 0 Å². The van der Waals surface area contributed by atoms with E-state index in [0.29, 0.717) is 17.8 Å². The molecule has 1 heterocycles. The van der Waals surface area contributed by atoms with Gasteiger partial charge in [-0.1, -0.05) is 11.6 Å². The van der Waals surface area contributed by atoms with Crippen molar-refractivity contribution in [1.82, 2.24) is 4.98 Å². The van der Waals surface area contributed by atoms with E-state index in [1.54, 1.807) is 0 Å². The maximum atomic E-state index is 10.7. The number of hydrogen-bond donors (Lipinski definition) is 0. The second kappa shape index (κ2) is 4.49. The van der Waals surface area contributed by atoms with E-state index in [9.17, 15) is 10.1 Å². The molecule has 1 aromatic heterocycles. The molecule has 6 heteroatoms. The first kappa shape index (κ1) is 12.1. The number of hydrogen-bond acceptors (Lipinski definition) is 4. The van der Waals surface area contributed by atoms with Gasteiger partial charge >= 0.3 is 0 Å². The minimum atomic E-state index is -0.452. The summed E-state index contributed by atoms with van der Waals surface area (Å²) in [6.07, 6.45) is 2.43. The van der Waals surface area contributed by atoms with E-state index in [1.807, 2.05) is 11.9 Å². The molecule has 1 atom stereocenters. The standard InChI is InChI=1S/C11H14ClN3O2/c1-7(8-3-4-8)14(2)11-6-9(15(16)17)5-10(12)13-11/h5-8H,3-4H2,1-2H3. The van der Waals surface area contributed by atoms with E-state index in [-0.39, 0.29) is 10.8 Å². The van der Waals surface area contributed by atoms with Crippen molar-refractivity contribution >= 4 is 23.1 Å². The Balaban J connectivity index is 2.27. The molecule has 0 N–H and O–H groups in total. The minimum absolute atomic E-state index is 0.0187. The Labute approximate surface area is 105 Å². The SMILES string of the molecule is CC(C1CC1)N(C)c1cc([N+](=O)[O-])cc(Cl)n1. The fraction of sp³-hybridized carbons (Fsp3) is 0.545. The summed E-state index contributed by atoms with van der Waals surface area (Å²) in [6.45, 7) is 2.10. The van der Waals surface area contributed by atoms with Crippen molar-refractivity contribution in [1.29, 1.82) is 0 Å². The Morgan fingerprint density at radius 1 is 1.59 bits per heavy atom. The van der Waals surface area contributed by atoms with Gasteiger partial charge < -0.3 is 4.90 Å². The van der Waals surface area contributed by atoms with Crippen molar-refractivity contribution in [2.75, 3.05) is 11.9 Å². The highest BCUT2D eigenvalue weighted by molar-refractivity contribution is 6.29. The Morgan fingerprint density at radius 3 is 2.76 bits per heavy atom. The van der Waals surface area contributed by atoms with Crippen molar-refractivity contribution in [2.45, 2.75) is 25.8 Å². The number of nitro groups is 1. The number of aromatic nitrogens is 1. The van der Waals surface area contributed by atoms with Crippen LogP contribution < -0.4 is 4.90 Å². The van der Waals surface area contributed by atoms with E-state index in [1.165, 1.54) is 25.0 Å². The molecule has 92 valence electrons. The molecule has 2 rings (SSSR count). The van der Waals surface area contributed by atoms with Crippen LogP contribution in [-0.2, 0) is 0 Å². The first-order valence-electron chi connectivity index (χ1n) is 5.54. The van der Waals surface area contributed by atoms with Gasteiger partial charge in [0.15, 0.2) is 0 Å². The molecule has 0 saturated heterocycles. The Bertz CT molecular complexity index is 448. The van der Waals surface area contributed by atoms with E-state index in [4.69, 9.17) is 11.6 Å². The summed E-state index contributed by atoms with van der Waals surface area (Å²) in [5.41, 5.74) is -0.0187. The quantitative estimate of drug-likeness (QED) is 0.472. The minimum Gasteiger partial charge on any atom is -0.356 e. The van der Waals surface area contributed by atoms with Gasteiger partial charge in [-0.3, -0.25) is 10.1 Å². The van der Waals surface area contributed by atoms with E-state index in [0.717, 1.165) is 0 Å². The third-order valence-electron chi connectivity index (χ3n) is 3.25. The van der Waals surface area contributed by atoms with Crippen molar-refractivity contribution in [2.24, 2.45) is 5.92 Å². The molecule has 1 saturated carbocycles. The zero-order valence-corrected chi connectivity index (χ0v) is 10.5. The number of anilines is 1. The molecule has 0 radical (unpaired) electrons. The molecule has 1 fully saturated rings. The van der Waals surface area contributed by atoms with Crippen LogP contribution in [0, 0.1) is 16.0 Å². The largest absolute Gasteiger partial charge is 0.356 e.